The van der Waals surface area contributed by atoms with Gasteiger partial charge in [0, 0.05) is 37.2 Å². The van der Waals surface area contributed by atoms with E-state index in [0.29, 0.717) is 30.7 Å². The van der Waals surface area contributed by atoms with Crippen molar-refractivity contribution in [1.29, 1.82) is 0 Å². The molecule has 2 aliphatic rings. The Morgan fingerprint density at radius 2 is 1.82 bits per heavy atom. The molecule has 0 N–H and O–H groups in total. The molecule has 2 aliphatic heterocycles. The highest BCUT2D eigenvalue weighted by molar-refractivity contribution is 6.10. The average molecular weight is 446 g/mol. The van der Waals surface area contributed by atoms with Gasteiger partial charge >= 0.3 is 5.97 Å². The van der Waals surface area contributed by atoms with Crippen LogP contribution in [0, 0.1) is 0 Å². The van der Waals surface area contributed by atoms with Gasteiger partial charge in [-0.25, -0.2) is 4.79 Å². The number of carbonyl (C=O) groups excluding carboxylic acids is 2. The Bertz CT molecular complexity index is 1100. The van der Waals surface area contributed by atoms with Crippen molar-refractivity contribution in [2.24, 2.45) is 4.99 Å². The van der Waals surface area contributed by atoms with Crippen molar-refractivity contribution < 1.29 is 14.3 Å². The summed E-state index contributed by atoms with van der Waals surface area (Å²) in [6, 6.07) is 14.1. The third-order valence-corrected chi connectivity index (χ3v) is 6.09. The largest absolute Gasteiger partial charge is 0.463 e. The molecule has 0 unspecified atom stereocenters. The second-order valence-corrected chi connectivity index (χ2v) is 8.25. The molecule has 0 fully saturated rings. The third-order valence-electron chi connectivity index (χ3n) is 6.09. The molecule has 0 saturated heterocycles. The molecule has 2 aromatic rings. The van der Waals surface area contributed by atoms with E-state index in [-0.39, 0.29) is 11.9 Å². The highest BCUT2D eigenvalue weighted by Crippen LogP contribution is 2.35. The fourth-order valence-corrected chi connectivity index (χ4v) is 4.41. The third kappa shape index (κ3) is 4.70. The second-order valence-electron chi connectivity index (χ2n) is 8.25. The fourth-order valence-electron chi connectivity index (χ4n) is 4.41. The van der Waals surface area contributed by atoms with Crippen LogP contribution in [0.15, 0.2) is 53.0 Å². The highest BCUT2D eigenvalue weighted by atomic mass is 16.5. The predicted octanol–water partition coefficient (Wildman–Crippen LogP) is 4.79. The molecule has 0 aliphatic carbocycles. The Hall–Kier alpha value is -3.41. The molecular weight excluding hydrogens is 414 g/mol. The molecule has 0 aromatic heterocycles. The van der Waals surface area contributed by atoms with Crippen molar-refractivity contribution in [1.82, 2.24) is 4.90 Å². The van der Waals surface area contributed by atoms with Crippen LogP contribution in [0.25, 0.3) is 17.2 Å². The van der Waals surface area contributed by atoms with E-state index in [2.05, 4.69) is 28.9 Å². The number of hydrogen-bond donors (Lipinski definition) is 0. The first-order valence-electron chi connectivity index (χ1n) is 11.8. The number of nitrogens with zero attached hydrogens (tertiary/aromatic N) is 3. The normalized spacial score (nSPS) is 14.6. The summed E-state index contributed by atoms with van der Waals surface area (Å²) in [6.07, 6.45) is 3.35. The van der Waals surface area contributed by atoms with Gasteiger partial charge < -0.3 is 14.5 Å². The molecule has 4 rings (SSSR count). The monoisotopic (exact) mass is 445 g/mol. The number of ether oxygens (including phenoxy) is 1. The van der Waals surface area contributed by atoms with Gasteiger partial charge in [0.1, 0.15) is 5.84 Å². The lowest BCUT2D eigenvalue weighted by atomic mass is 9.99. The number of hydrogen-bond acceptors (Lipinski definition) is 5. The van der Waals surface area contributed by atoms with Gasteiger partial charge in [-0.1, -0.05) is 31.2 Å². The van der Waals surface area contributed by atoms with Crippen molar-refractivity contribution in [3.05, 3.63) is 59.2 Å². The zero-order valence-electron chi connectivity index (χ0n) is 19.6. The zero-order valence-corrected chi connectivity index (χ0v) is 19.6. The quantitative estimate of drug-likeness (QED) is 0.575. The minimum atomic E-state index is -0.284. The van der Waals surface area contributed by atoms with Gasteiger partial charge in [-0.05, 0) is 61.2 Å². The van der Waals surface area contributed by atoms with Gasteiger partial charge in [0.05, 0.1) is 18.8 Å². The smallest absolute Gasteiger partial charge is 0.334 e. The summed E-state index contributed by atoms with van der Waals surface area (Å²) in [5, 5.41) is 0. The van der Waals surface area contributed by atoms with Crippen molar-refractivity contribution in [3.63, 3.8) is 0 Å². The lowest BCUT2D eigenvalue weighted by Crippen LogP contribution is -2.31. The standard InChI is InChI=1S/C27H31N3O3/c1-4-14-29(5-2)26(31)20-9-7-19(8-10-20)21-11-12-22-16-23(27(32)33-6-3)18-25-28-13-15-30(25)24(22)17-21/h7-12,16-17H,4-6,13-15,18H2,1-3H3. The van der Waals surface area contributed by atoms with Crippen molar-refractivity contribution in [2.75, 3.05) is 37.7 Å². The SMILES string of the molecule is CCCN(CC)C(=O)c1ccc(-c2ccc3c(c2)N2CCN=C2CC(C(=O)OCC)=C3)cc1. The summed E-state index contributed by atoms with van der Waals surface area (Å²) in [4.78, 5) is 33.9. The molecule has 172 valence electrons. The summed E-state index contributed by atoms with van der Waals surface area (Å²) < 4.78 is 5.25. The molecular formula is C27H31N3O3. The van der Waals surface area contributed by atoms with Crippen LogP contribution in [0.4, 0.5) is 5.69 Å². The molecule has 6 nitrogen and oxygen atoms in total. The topological polar surface area (TPSA) is 62.2 Å². The summed E-state index contributed by atoms with van der Waals surface area (Å²) in [5.74, 6) is 0.692. The molecule has 0 atom stereocenters. The van der Waals surface area contributed by atoms with Gasteiger partial charge in [0.2, 0.25) is 0 Å². The number of anilines is 1. The van der Waals surface area contributed by atoms with Gasteiger partial charge in [-0.15, -0.1) is 0 Å². The number of rotatable bonds is 7. The number of fused-ring (bicyclic) bond motifs is 3. The van der Waals surface area contributed by atoms with E-state index in [4.69, 9.17) is 4.74 Å². The maximum absolute atomic E-state index is 12.8. The summed E-state index contributed by atoms with van der Waals surface area (Å²) in [5.41, 5.74) is 5.48. The number of amides is 1. The van der Waals surface area contributed by atoms with Crippen molar-refractivity contribution in [2.45, 2.75) is 33.6 Å². The minimum absolute atomic E-state index is 0.0716. The van der Waals surface area contributed by atoms with Gasteiger partial charge in [-0.3, -0.25) is 9.79 Å². The Labute approximate surface area is 195 Å². The first kappa shape index (κ1) is 22.8. The van der Waals surface area contributed by atoms with Crippen LogP contribution < -0.4 is 4.90 Å². The van der Waals surface area contributed by atoms with Gasteiger partial charge in [0.25, 0.3) is 5.91 Å². The Morgan fingerprint density at radius 1 is 1.06 bits per heavy atom. The van der Waals surface area contributed by atoms with Crippen molar-refractivity contribution >= 4 is 29.5 Å². The molecule has 0 bridgehead atoms. The lowest BCUT2D eigenvalue weighted by molar-refractivity contribution is -0.138. The molecule has 6 heteroatoms. The first-order valence-corrected chi connectivity index (χ1v) is 11.8. The fraction of sp³-hybridized carbons (Fsp3) is 0.370. The highest BCUT2D eigenvalue weighted by Gasteiger charge is 2.28. The lowest BCUT2D eigenvalue weighted by Gasteiger charge is -2.22. The summed E-state index contributed by atoms with van der Waals surface area (Å²) in [6.45, 7) is 9.25. The predicted molar refractivity (Wildman–Crippen MR) is 133 cm³/mol. The molecule has 0 radical (unpaired) electrons. The van der Waals surface area contributed by atoms with Crippen LogP contribution in [0.3, 0.4) is 0 Å². The van der Waals surface area contributed by atoms with E-state index in [1.165, 1.54) is 0 Å². The Kier molecular flexibility index (Phi) is 6.92. The number of aliphatic imine (C=N–C) groups is 1. The number of carbonyl (C=O) groups is 2. The van der Waals surface area contributed by atoms with Crippen LogP contribution in [-0.2, 0) is 9.53 Å². The number of benzene rings is 2. The van der Waals surface area contributed by atoms with Crippen molar-refractivity contribution in [3.8, 4) is 11.1 Å². The van der Waals surface area contributed by atoms with E-state index in [9.17, 15) is 9.59 Å². The molecule has 0 saturated carbocycles. The summed E-state index contributed by atoms with van der Waals surface area (Å²) >= 11 is 0. The maximum atomic E-state index is 12.8. The van der Waals surface area contributed by atoms with Crippen LogP contribution in [0.2, 0.25) is 0 Å². The van der Waals surface area contributed by atoms with Crippen LogP contribution >= 0.6 is 0 Å². The maximum Gasteiger partial charge on any atom is 0.334 e. The number of amidine groups is 1. The second kappa shape index (κ2) is 10.0. The first-order chi connectivity index (χ1) is 16.0. The molecule has 2 aromatic carbocycles. The Morgan fingerprint density at radius 3 is 2.52 bits per heavy atom. The summed E-state index contributed by atoms with van der Waals surface area (Å²) in [7, 11) is 0. The molecule has 0 spiro atoms. The minimum Gasteiger partial charge on any atom is -0.463 e. The van der Waals surface area contributed by atoms with Crippen LogP contribution in [0.5, 0.6) is 0 Å². The van der Waals surface area contributed by atoms with Gasteiger partial charge in [-0.2, -0.15) is 0 Å². The average Bonchev–Trinajstić information content (AvgIpc) is 3.24. The number of esters is 1. The van der Waals surface area contributed by atoms with E-state index in [1.54, 1.807) is 0 Å². The molecule has 1 amide bonds. The van der Waals surface area contributed by atoms with E-state index < -0.39 is 0 Å². The molecule has 2 heterocycles. The van der Waals surface area contributed by atoms with E-state index in [1.807, 2.05) is 55.2 Å². The van der Waals surface area contributed by atoms with Gasteiger partial charge in [0.15, 0.2) is 0 Å². The zero-order chi connectivity index (χ0) is 23.4. The van der Waals surface area contributed by atoms with E-state index >= 15 is 0 Å². The Balaban J connectivity index is 1.65. The van der Waals surface area contributed by atoms with Crippen LogP contribution in [-0.4, -0.2) is 55.4 Å². The van der Waals surface area contributed by atoms with Crippen LogP contribution in [0.1, 0.15) is 49.5 Å². The molecule has 33 heavy (non-hydrogen) atoms. The van der Waals surface area contributed by atoms with E-state index in [0.717, 1.165) is 54.3 Å².